The normalized spacial score (nSPS) is 23.2. The summed E-state index contributed by atoms with van der Waals surface area (Å²) in [6, 6.07) is 0.116. The molecule has 0 bridgehead atoms. The quantitative estimate of drug-likeness (QED) is 0.698. The summed E-state index contributed by atoms with van der Waals surface area (Å²) in [6.07, 6.45) is 3.39. The molecule has 0 aromatic carbocycles. The average Bonchev–Trinajstić information content (AvgIpc) is 2.71. The molecule has 1 heterocycles. The highest BCUT2D eigenvalue weighted by Gasteiger charge is 2.23. The number of carbonyl (C=O) groups excluding carboxylic acids is 1. The first-order chi connectivity index (χ1) is 8.02. The SMILES string of the molecule is CCC1CCN(CCC(NC(C)C)C(N)=O)C1. The van der Waals surface area contributed by atoms with Gasteiger partial charge < -0.3 is 16.0 Å². The highest BCUT2D eigenvalue weighted by atomic mass is 16.1. The maximum absolute atomic E-state index is 11.3. The van der Waals surface area contributed by atoms with Crippen LogP contribution in [0.5, 0.6) is 0 Å². The molecule has 0 aromatic rings. The molecule has 0 spiro atoms. The van der Waals surface area contributed by atoms with E-state index in [0.717, 1.165) is 18.9 Å². The number of hydrogen-bond donors (Lipinski definition) is 2. The van der Waals surface area contributed by atoms with Crippen LogP contribution in [0.2, 0.25) is 0 Å². The lowest BCUT2D eigenvalue weighted by molar-refractivity contribution is -0.120. The van der Waals surface area contributed by atoms with Gasteiger partial charge in [-0.2, -0.15) is 0 Å². The van der Waals surface area contributed by atoms with Gasteiger partial charge in [-0.3, -0.25) is 4.79 Å². The van der Waals surface area contributed by atoms with E-state index in [9.17, 15) is 4.79 Å². The minimum Gasteiger partial charge on any atom is -0.368 e. The van der Waals surface area contributed by atoms with E-state index in [1.165, 1.54) is 25.9 Å². The predicted molar refractivity (Wildman–Crippen MR) is 70.7 cm³/mol. The number of nitrogens with zero attached hydrogens (tertiary/aromatic N) is 1. The van der Waals surface area contributed by atoms with Crippen molar-refractivity contribution in [3.05, 3.63) is 0 Å². The number of amides is 1. The van der Waals surface area contributed by atoms with Crippen LogP contribution >= 0.6 is 0 Å². The first-order valence-corrected chi connectivity index (χ1v) is 6.80. The minimum absolute atomic E-state index is 0.185. The van der Waals surface area contributed by atoms with E-state index in [2.05, 4.69) is 17.1 Å². The number of primary amides is 1. The third kappa shape index (κ3) is 5.04. The molecule has 0 radical (unpaired) electrons. The van der Waals surface area contributed by atoms with E-state index < -0.39 is 0 Å². The van der Waals surface area contributed by atoms with E-state index >= 15 is 0 Å². The lowest BCUT2D eigenvalue weighted by Crippen LogP contribution is -2.46. The molecule has 2 atom stereocenters. The van der Waals surface area contributed by atoms with Crippen LogP contribution in [-0.2, 0) is 4.79 Å². The van der Waals surface area contributed by atoms with Crippen molar-refractivity contribution in [3.63, 3.8) is 0 Å². The third-order valence-electron chi connectivity index (χ3n) is 3.56. The Balaban J connectivity index is 2.29. The molecule has 3 N–H and O–H groups in total. The Hall–Kier alpha value is -0.610. The largest absolute Gasteiger partial charge is 0.368 e. The molecule has 100 valence electrons. The van der Waals surface area contributed by atoms with Gasteiger partial charge in [0, 0.05) is 19.1 Å². The number of carbonyl (C=O) groups is 1. The van der Waals surface area contributed by atoms with Crippen molar-refractivity contribution in [2.45, 2.75) is 52.1 Å². The zero-order valence-electron chi connectivity index (χ0n) is 11.4. The van der Waals surface area contributed by atoms with Gasteiger partial charge >= 0.3 is 0 Å². The Morgan fingerprint density at radius 1 is 1.53 bits per heavy atom. The van der Waals surface area contributed by atoms with E-state index in [-0.39, 0.29) is 11.9 Å². The summed E-state index contributed by atoms with van der Waals surface area (Å²) >= 11 is 0. The Labute approximate surface area is 105 Å². The van der Waals surface area contributed by atoms with Gasteiger partial charge in [0.1, 0.15) is 0 Å². The summed E-state index contributed by atoms with van der Waals surface area (Å²) in [5, 5.41) is 3.23. The molecule has 1 rings (SSSR count). The molecular weight excluding hydrogens is 214 g/mol. The topological polar surface area (TPSA) is 58.4 Å². The molecular formula is C13H27N3O. The summed E-state index contributed by atoms with van der Waals surface area (Å²) < 4.78 is 0. The molecule has 1 saturated heterocycles. The number of hydrogen-bond acceptors (Lipinski definition) is 3. The fourth-order valence-electron chi connectivity index (χ4n) is 2.47. The van der Waals surface area contributed by atoms with Gasteiger partial charge in [0.25, 0.3) is 0 Å². The number of rotatable bonds is 7. The molecule has 4 heteroatoms. The molecule has 2 unspecified atom stereocenters. The standard InChI is InChI=1S/C13H27N3O/c1-4-11-5-7-16(9-11)8-6-12(13(14)17)15-10(2)3/h10-12,15H,4-9H2,1-3H3,(H2,14,17). The molecule has 1 fully saturated rings. The first kappa shape index (κ1) is 14.5. The first-order valence-electron chi connectivity index (χ1n) is 6.80. The summed E-state index contributed by atoms with van der Waals surface area (Å²) in [4.78, 5) is 13.8. The second-order valence-electron chi connectivity index (χ2n) is 5.43. The maximum Gasteiger partial charge on any atom is 0.234 e. The van der Waals surface area contributed by atoms with Gasteiger partial charge in [-0.25, -0.2) is 0 Å². The number of nitrogens with one attached hydrogen (secondary N) is 1. The van der Waals surface area contributed by atoms with Crippen LogP contribution in [-0.4, -0.2) is 42.5 Å². The van der Waals surface area contributed by atoms with Gasteiger partial charge in [0.05, 0.1) is 6.04 Å². The molecule has 0 aliphatic carbocycles. The lowest BCUT2D eigenvalue weighted by atomic mass is 10.1. The molecule has 0 aromatic heterocycles. The van der Waals surface area contributed by atoms with Crippen molar-refractivity contribution in [2.75, 3.05) is 19.6 Å². The molecule has 1 amide bonds. The second-order valence-corrected chi connectivity index (χ2v) is 5.43. The van der Waals surface area contributed by atoms with Crippen LogP contribution in [0.3, 0.4) is 0 Å². The van der Waals surface area contributed by atoms with Crippen molar-refractivity contribution in [1.29, 1.82) is 0 Å². The van der Waals surface area contributed by atoms with Gasteiger partial charge in [-0.05, 0) is 25.3 Å². The minimum atomic E-state index is -0.232. The summed E-state index contributed by atoms with van der Waals surface area (Å²) in [6.45, 7) is 9.66. The molecule has 1 aliphatic rings. The van der Waals surface area contributed by atoms with Gasteiger partial charge in [-0.1, -0.05) is 27.2 Å². The number of nitrogens with two attached hydrogens (primary N) is 1. The van der Waals surface area contributed by atoms with Gasteiger partial charge in [0.15, 0.2) is 0 Å². The summed E-state index contributed by atoms with van der Waals surface area (Å²) in [7, 11) is 0. The average molecular weight is 241 g/mol. The van der Waals surface area contributed by atoms with Crippen LogP contribution in [0.25, 0.3) is 0 Å². The second kappa shape index (κ2) is 6.97. The molecule has 17 heavy (non-hydrogen) atoms. The Bertz CT molecular complexity index is 243. The van der Waals surface area contributed by atoms with Crippen LogP contribution in [0.1, 0.15) is 40.0 Å². The Morgan fingerprint density at radius 3 is 2.71 bits per heavy atom. The van der Waals surface area contributed by atoms with Crippen LogP contribution < -0.4 is 11.1 Å². The molecule has 1 aliphatic heterocycles. The maximum atomic E-state index is 11.3. The summed E-state index contributed by atoms with van der Waals surface area (Å²) in [5.74, 6) is 0.616. The zero-order chi connectivity index (χ0) is 12.8. The van der Waals surface area contributed by atoms with E-state index in [1.54, 1.807) is 0 Å². The van der Waals surface area contributed by atoms with E-state index in [1.807, 2.05) is 13.8 Å². The Kier molecular flexibility index (Phi) is 5.92. The smallest absolute Gasteiger partial charge is 0.234 e. The Morgan fingerprint density at radius 2 is 2.24 bits per heavy atom. The van der Waals surface area contributed by atoms with Crippen molar-refractivity contribution < 1.29 is 4.79 Å². The fourth-order valence-corrected chi connectivity index (χ4v) is 2.47. The van der Waals surface area contributed by atoms with Crippen molar-refractivity contribution in [1.82, 2.24) is 10.2 Å². The van der Waals surface area contributed by atoms with Crippen molar-refractivity contribution in [2.24, 2.45) is 11.7 Å². The highest BCUT2D eigenvalue weighted by molar-refractivity contribution is 5.79. The van der Waals surface area contributed by atoms with Gasteiger partial charge in [0.2, 0.25) is 5.91 Å². The molecule has 4 nitrogen and oxygen atoms in total. The van der Waals surface area contributed by atoms with E-state index in [4.69, 9.17) is 5.73 Å². The number of likely N-dealkylation sites (tertiary alicyclic amines) is 1. The monoisotopic (exact) mass is 241 g/mol. The third-order valence-corrected chi connectivity index (χ3v) is 3.56. The highest BCUT2D eigenvalue weighted by Crippen LogP contribution is 2.19. The lowest BCUT2D eigenvalue weighted by Gasteiger charge is -2.22. The summed E-state index contributed by atoms with van der Waals surface area (Å²) in [5.41, 5.74) is 5.40. The van der Waals surface area contributed by atoms with Crippen LogP contribution in [0, 0.1) is 5.92 Å². The fraction of sp³-hybridized carbons (Fsp3) is 0.923. The zero-order valence-corrected chi connectivity index (χ0v) is 11.4. The van der Waals surface area contributed by atoms with E-state index in [0.29, 0.717) is 6.04 Å². The predicted octanol–water partition coefficient (Wildman–Crippen LogP) is 0.960. The van der Waals surface area contributed by atoms with Crippen molar-refractivity contribution in [3.8, 4) is 0 Å². The van der Waals surface area contributed by atoms with Crippen LogP contribution in [0.15, 0.2) is 0 Å². The van der Waals surface area contributed by atoms with Crippen molar-refractivity contribution >= 4 is 5.91 Å². The van der Waals surface area contributed by atoms with Crippen LogP contribution in [0.4, 0.5) is 0 Å². The molecule has 0 saturated carbocycles. The van der Waals surface area contributed by atoms with Gasteiger partial charge in [-0.15, -0.1) is 0 Å².